The van der Waals surface area contributed by atoms with Crippen molar-refractivity contribution < 1.29 is 4.74 Å². The zero-order valence-corrected chi connectivity index (χ0v) is 11.4. The summed E-state index contributed by atoms with van der Waals surface area (Å²) in [5, 5.41) is 1.21. The van der Waals surface area contributed by atoms with Crippen molar-refractivity contribution in [3.8, 4) is 11.5 Å². The second-order valence-corrected chi connectivity index (χ2v) is 4.84. The fourth-order valence-electron chi connectivity index (χ4n) is 1.61. The topological polar surface area (TPSA) is 35.2 Å². The molecule has 0 fully saturated rings. The summed E-state index contributed by atoms with van der Waals surface area (Å²) in [5.74, 6) is 1.28. The molecule has 0 amide bonds. The van der Waals surface area contributed by atoms with Crippen LogP contribution in [0.15, 0.2) is 36.4 Å². The van der Waals surface area contributed by atoms with Crippen LogP contribution in [-0.2, 0) is 6.54 Å². The van der Waals surface area contributed by atoms with Crippen LogP contribution in [0.2, 0.25) is 10.0 Å². The van der Waals surface area contributed by atoms with E-state index in [4.69, 9.17) is 33.7 Å². The van der Waals surface area contributed by atoms with Crippen molar-refractivity contribution in [3.05, 3.63) is 57.6 Å². The summed E-state index contributed by atoms with van der Waals surface area (Å²) in [6, 6.07) is 11.0. The van der Waals surface area contributed by atoms with Crippen molar-refractivity contribution in [2.75, 3.05) is 0 Å². The van der Waals surface area contributed by atoms with Gasteiger partial charge in [0.1, 0.15) is 11.5 Å². The van der Waals surface area contributed by atoms with Crippen LogP contribution < -0.4 is 10.5 Å². The Kier molecular flexibility index (Phi) is 4.12. The minimum absolute atomic E-state index is 0.360. The quantitative estimate of drug-likeness (QED) is 0.896. The number of hydrogen-bond donors (Lipinski definition) is 1. The lowest BCUT2D eigenvalue weighted by Gasteiger charge is -2.12. The molecule has 0 saturated carbocycles. The first-order valence-corrected chi connectivity index (χ1v) is 6.28. The number of benzene rings is 2. The van der Waals surface area contributed by atoms with E-state index in [9.17, 15) is 0 Å². The molecule has 0 unspecified atom stereocenters. The summed E-state index contributed by atoms with van der Waals surface area (Å²) in [5.41, 5.74) is 7.60. The summed E-state index contributed by atoms with van der Waals surface area (Å²) >= 11 is 12.0. The summed E-state index contributed by atoms with van der Waals surface area (Å²) in [6.07, 6.45) is 0. The Morgan fingerprint density at radius 2 is 1.78 bits per heavy atom. The highest BCUT2D eigenvalue weighted by molar-refractivity contribution is 6.32. The number of halogens is 2. The van der Waals surface area contributed by atoms with Gasteiger partial charge in [-0.15, -0.1) is 0 Å². The third kappa shape index (κ3) is 2.96. The molecule has 0 saturated heterocycles. The fraction of sp³-hybridized carbons (Fsp3) is 0.143. The number of hydrogen-bond acceptors (Lipinski definition) is 2. The van der Waals surface area contributed by atoms with Crippen molar-refractivity contribution in [2.24, 2.45) is 5.73 Å². The predicted octanol–water partition coefficient (Wildman–Crippen LogP) is 4.55. The van der Waals surface area contributed by atoms with Gasteiger partial charge in [-0.1, -0.05) is 29.3 Å². The van der Waals surface area contributed by atoms with E-state index in [1.165, 1.54) is 0 Å². The molecule has 0 bridgehead atoms. The first kappa shape index (κ1) is 13.2. The molecule has 0 spiro atoms. The molecule has 2 aromatic rings. The average molecular weight is 282 g/mol. The third-order valence-electron chi connectivity index (χ3n) is 2.55. The van der Waals surface area contributed by atoms with Crippen LogP contribution in [0.4, 0.5) is 0 Å². The van der Waals surface area contributed by atoms with Crippen molar-refractivity contribution in [2.45, 2.75) is 13.5 Å². The van der Waals surface area contributed by atoms with Gasteiger partial charge < -0.3 is 10.5 Å². The molecule has 2 aromatic carbocycles. The lowest BCUT2D eigenvalue weighted by atomic mass is 10.2. The molecule has 0 heterocycles. The van der Waals surface area contributed by atoms with Crippen LogP contribution in [-0.4, -0.2) is 0 Å². The first-order chi connectivity index (χ1) is 8.60. The molecule has 18 heavy (non-hydrogen) atoms. The van der Waals surface area contributed by atoms with Gasteiger partial charge in [0.15, 0.2) is 0 Å². The van der Waals surface area contributed by atoms with Gasteiger partial charge in [0, 0.05) is 17.1 Å². The van der Waals surface area contributed by atoms with Crippen molar-refractivity contribution >= 4 is 23.2 Å². The summed E-state index contributed by atoms with van der Waals surface area (Å²) < 4.78 is 5.77. The summed E-state index contributed by atoms with van der Waals surface area (Å²) in [7, 11) is 0. The van der Waals surface area contributed by atoms with Gasteiger partial charge in [-0.05, 0) is 42.8 Å². The van der Waals surface area contributed by atoms with E-state index in [0.29, 0.717) is 28.1 Å². The molecular formula is C14H13Cl2NO. The number of ether oxygens (including phenoxy) is 1. The van der Waals surface area contributed by atoms with Gasteiger partial charge in [-0.3, -0.25) is 0 Å². The minimum atomic E-state index is 0.360. The molecule has 0 aliphatic heterocycles. The third-order valence-corrected chi connectivity index (χ3v) is 3.08. The zero-order valence-electron chi connectivity index (χ0n) is 9.91. The second-order valence-electron chi connectivity index (χ2n) is 3.99. The van der Waals surface area contributed by atoms with Gasteiger partial charge in [-0.25, -0.2) is 0 Å². The lowest BCUT2D eigenvalue weighted by molar-refractivity contribution is 0.476. The maximum Gasteiger partial charge on any atom is 0.146 e. The summed E-state index contributed by atoms with van der Waals surface area (Å²) in [4.78, 5) is 0. The standard InChI is InChI=1S/C14H13Cl2NO/c1-9-2-4-14(12(16)6-9)18-13-5-3-11(15)7-10(13)8-17/h2-7H,8,17H2,1H3. The molecular weight excluding hydrogens is 269 g/mol. The van der Waals surface area contributed by atoms with Crippen LogP contribution in [0.1, 0.15) is 11.1 Å². The van der Waals surface area contributed by atoms with Gasteiger partial charge in [0.05, 0.1) is 5.02 Å². The van der Waals surface area contributed by atoms with Crippen LogP contribution >= 0.6 is 23.2 Å². The normalized spacial score (nSPS) is 10.4. The van der Waals surface area contributed by atoms with Gasteiger partial charge in [0.25, 0.3) is 0 Å². The van der Waals surface area contributed by atoms with Gasteiger partial charge in [0.2, 0.25) is 0 Å². The van der Waals surface area contributed by atoms with E-state index in [2.05, 4.69) is 0 Å². The number of nitrogens with two attached hydrogens (primary N) is 1. The van der Waals surface area contributed by atoms with E-state index < -0.39 is 0 Å². The van der Waals surface area contributed by atoms with E-state index in [0.717, 1.165) is 11.1 Å². The Morgan fingerprint density at radius 3 is 2.44 bits per heavy atom. The molecule has 0 aromatic heterocycles. The number of aryl methyl sites for hydroxylation is 1. The molecule has 0 aliphatic carbocycles. The highest BCUT2D eigenvalue weighted by Crippen LogP contribution is 2.32. The Labute approximate surface area is 116 Å². The van der Waals surface area contributed by atoms with Crippen molar-refractivity contribution in [1.29, 1.82) is 0 Å². The minimum Gasteiger partial charge on any atom is -0.455 e. The van der Waals surface area contributed by atoms with E-state index >= 15 is 0 Å². The smallest absolute Gasteiger partial charge is 0.146 e. The second kappa shape index (κ2) is 5.61. The molecule has 2 rings (SSSR count). The molecule has 0 aliphatic rings. The Balaban J connectivity index is 2.33. The number of rotatable bonds is 3. The lowest BCUT2D eigenvalue weighted by Crippen LogP contribution is -1.99. The Hall–Kier alpha value is -1.22. The van der Waals surface area contributed by atoms with Crippen molar-refractivity contribution in [3.63, 3.8) is 0 Å². The monoisotopic (exact) mass is 281 g/mol. The van der Waals surface area contributed by atoms with Crippen LogP contribution in [0.5, 0.6) is 11.5 Å². The molecule has 4 heteroatoms. The maximum atomic E-state index is 6.12. The molecule has 2 nitrogen and oxygen atoms in total. The Morgan fingerprint density at radius 1 is 1.06 bits per heavy atom. The van der Waals surface area contributed by atoms with Crippen LogP contribution in [0, 0.1) is 6.92 Å². The SMILES string of the molecule is Cc1ccc(Oc2ccc(Cl)cc2CN)c(Cl)c1. The molecule has 0 radical (unpaired) electrons. The van der Waals surface area contributed by atoms with Gasteiger partial charge >= 0.3 is 0 Å². The Bertz CT molecular complexity index is 570. The molecule has 0 atom stereocenters. The van der Waals surface area contributed by atoms with Crippen LogP contribution in [0.25, 0.3) is 0 Å². The summed E-state index contributed by atoms with van der Waals surface area (Å²) in [6.45, 7) is 2.34. The molecule has 2 N–H and O–H groups in total. The predicted molar refractivity (Wildman–Crippen MR) is 75.6 cm³/mol. The van der Waals surface area contributed by atoms with E-state index in [-0.39, 0.29) is 0 Å². The highest BCUT2D eigenvalue weighted by Gasteiger charge is 2.07. The fourth-order valence-corrected chi connectivity index (χ4v) is 2.08. The van der Waals surface area contributed by atoms with Crippen molar-refractivity contribution in [1.82, 2.24) is 0 Å². The average Bonchev–Trinajstić information content (AvgIpc) is 2.34. The highest BCUT2D eigenvalue weighted by atomic mass is 35.5. The van der Waals surface area contributed by atoms with Crippen LogP contribution in [0.3, 0.4) is 0 Å². The van der Waals surface area contributed by atoms with E-state index in [1.807, 2.05) is 25.1 Å². The zero-order chi connectivity index (χ0) is 13.1. The molecule has 94 valence electrons. The van der Waals surface area contributed by atoms with Gasteiger partial charge in [-0.2, -0.15) is 0 Å². The maximum absolute atomic E-state index is 6.12. The van der Waals surface area contributed by atoms with E-state index in [1.54, 1.807) is 18.2 Å². The first-order valence-electron chi connectivity index (χ1n) is 5.52. The largest absolute Gasteiger partial charge is 0.455 e.